The van der Waals surface area contributed by atoms with E-state index in [0.29, 0.717) is 29.7 Å². The molecule has 1 N–H and O–H groups in total. The van der Waals surface area contributed by atoms with Gasteiger partial charge in [-0.25, -0.2) is 0 Å². The first-order valence-corrected chi connectivity index (χ1v) is 10.3. The van der Waals surface area contributed by atoms with Crippen LogP contribution in [-0.4, -0.2) is 36.8 Å². The Labute approximate surface area is 181 Å². The number of aliphatic imine (C=N–C) groups is 1. The van der Waals surface area contributed by atoms with Crippen LogP contribution in [0.3, 0.4) is 0 Å². The molecule has 1 aliphatic heterocycles. The van der Waals surface area contributed by atoms with E-state index in [4.69, 9.17) is 14.5 Å². The van der Waals surface area contributed by atoms with Crippen molar-refractivity contribution < 1.29 is 24.2 Å². The molecule has 6 nitrogen and oxygen atoms in total. The summed E-state index contributed by atoms with van der Waals surface area (Å²) < 4.78 is 10.3. The second kappa shape index (κ2) is 8.38. The minimum atomic E-state index is -0.713. The van der Waals surface area contributed by atoms with Gasteiger partial charge in [0.25, 0.3) is 0 Å². The number of esters is 1. The first kappa shape index (κ1) is 20.8. The Bertz CT molecular complexity index is 1090. The first-order valence-electron chi connectivity index (χ1n) is 10.3. The van der Waals surface area contributed by atoms with E-state index in [-0.39, 0.29) is 23.2 Å². The van der Waals surface area contributed by atoms with Crippen molar-refractivity contribution in [2.75, 3.05) is 14.2 Å². The maximum absolute atomic E-state index is 13.4. The lowest BCUT2D eigenvalue weighted by Gasteiger charge is -2.36. The van der Waals surface area contributed by atoms with Crippen LogP contribution in [0.5, 0.6) is 11.5 Å². The van der Waals surface area contributed by atoms with E-state index in [9.17, 15) is 14.7 Å². The normalized spacial score (nSPS) is 23.1. The summed E-state index contributed by atoms with van der Waals surface area (Å²) in [6.07, 6.45) is 0.985. The third-order valence-electron chi connectivity index (χ3n) is 6.18. The fourth-order valence-corrected chi connectivity index (χ4v) is 4.70. The van der Waals surface area contributed by atoms with E-state index in [1.165, 1.54) is 20.3 Å². The molecule has 1 aliphatic carbocycles. The Morgan fingerprint density at radius 1 is 1.06 bits per heavy atom. The lowest BCUT2D eigenvalue weighted by Crippen LogP contribution is -2.37. The minimum absolute atomic E-state index is 0.00428. The van der Waals surface area contributed by atoms with Crippen LogP contribution in [0.2, 0.25) is 0 Å². The number of phenols is 1. The monoisotopic (exact) mass is 419 g/mol. The number of ketones is 1. The Morgan fingerprint density at radius 3 is 2.48 bits per heavy atom. The zero-order valence-electron chi connectivity index (χ0n) is 17.8. The number of Topliss-reactive ketones (excluding diaryl/α,β-unsaturated/α-hetero) is 1. The van der Waals surface area contributed by atoms with Gasteiger partial charge >= 0.3 is 5.97 Å². The maximum Gasteiger partial charge on any atom is 0.315 e. The number of allylic oxidation sites excluding steroid dienone is 2. The highest BCUT2D eigenvalue weighted by Crippen LogP contribution is 2.47. The summed E-state index contributed by atoms with van der Waals surface area (Å²) in [5.41, 5.74) is 3.70. The van der Waals surface area contributed by atoms with E-state index in [1.807, 2.05) is 30.3 Å². The van der Waals surface area contributed by atoms with Gasteiger partial charge in [0.1, 0.15) is 5.92 Å². The van der Waals surface area contributed by atoms with Crippen molar-refractivity contribution in [2.24, 2.45) is 10.9 Å². The summed E-state index contributed by atoms with van der Waals surface area (Å²) in [5.74, 6) is -1.38. The molecule has 2 aromatic rings. The number of nitrogens with zero attached hydrogens (tertiary/aromatic N) is 1. The molecule has 2 aliphatic rings. The van der Waals surface area contributed by atoms with Crippen LogP contribution in [0.1, 0.15) is 42.7 Å². The number of methoxy groups -OCH3 is 2. The zero-order valence-corrected chi connectivity index (χ0v) is 17.8. The van der Waals surface area contributed by atoms with E-state index < -0.39 is 17.8 Å². The molecule has 0 fully saturated rings. The third kappa shape index (κ3) is 3.74. The molecule has 31 heavy (non-hydrogen) atoms. The second-order valence-electron chi connectivity index (χ2n) is 7.96. The fraction of sp³-hybridized carbons (Fsp3) is 0.320. The van der Waals surface area contributed by atoms with Crippen molar-refractivity contribution in [3.8, 4) is 11.5 Å². The van der Waals surface area contributed by atoms with Crippen molar-refractivity contribution in [3.05, 3.63) is 70.9 Å². The van der Waals surface area contributed by atoms with E-state index in [0.717, 1.165) is 11.3 Å². The van der Waals surface area contributed by atoms with Gasteiger partial charge in [0.15, 0.2) is 17.3 Å². The Balaban J connectivity index is 1.84. The van der Waals surface area contributed by atoms with Gasteiger partial charge in [-0.05, 0) is 42.5 Å². The topological polar surface area (TPSA) is 85.2 Å². The van der Waals surface area contributed by atoms with Crippen molar-refractivity contribution in [3.63, 3.8) is 0 Å². The van der Waals surface area contributed by atoms with Crippen LogP contribution in [0.15, 0.2) is 64.8 Å². The molecule has 0 radical (unpaired) electrons. The van der Waals surface area contributed by atoms with Crippen LogP contribution >= 0.6 is 0 Å². The summed E-state index contributed by atoms with van der Waals surface area (Å²) in [6, 6.07) is 14.9. The molecule has 2 aromatic carbocycles. The largest absolute Gasteiger partial charge is 0.504 e. The van der Waals surface area contributed by atoms with Gasteiger partial charge in [0, 0.05) is 29.3 Å². The van der Waals surface area contributed by atoms with Gasteiger partial charge in [-0.1, -0.05) is 36.4 Å². The number of phenolic OH excluding ortho intramolecular Hbond substituents is 1. The minimum Gasteiger partial charge on any atom is -0.504 e. The summed E-state index contributed by atoms with van der Waals surface area (Å²) >= 11 is 0. The van der Waals surface area contributed by atoms with Gasteiger partial charge in [-0.15, -0.1) is 0 Å². The average Bonchev–Trinajstić information content (AvgIpc) is 2.78. The van der Waals surface area contributed by atoms with E-state index in [2.05, 4.69) is 0 Å². The molecule has 3 atom stereocenters. The van der Waals surface area contributed by atoms with Crippen molar-refractivity contribution in [1.29, 1.82) is 0 Å². The van der Waals surface area contributed by atoms with E-state index >= 15 is 0 Å². The van der Waals surface area contributed by atoms with Crippen molar-refractivity contribution in [2.45, 2.75) is 31.6 Å². The SMILES string of the molecule is COC(=O)C1C(C)=NC2=C(C(=O)C[C@@H](c3ccccc3)C2)[C@@H]1c1ccc(O)c(OC)c1. The Hall–Kier alpha value is -3.41. The molecule has 0 spiro atoms. The number of carbonyl (C=O) groups excluding carboxylic acids is 2. The highest BCUT2D eigenvalue weighted by atomic mass is 16.5. The molecule has 1 unspecified atom stereocenters. The molecular formula is C25H25NO5. The number of rotatable bonds is 4. The molecule has 6 heteroatoms. The van der Waals surface area contributed by atoms with Gasteiger partial charge < -0.3 is 14.6 Å². The number of ether oxygens (including phenoxy) is 2. The predicted molar refractivity (Wildman–Crippen MR) is 116 cm³/mol. The quantitative estimate of drug-likeness (QED) is 0.753. The molecule has 160 valence electrons. The fourth-order valence-electron chi connectivity index (χ4n) is 4.70. The summed E-state index contributed by atoms with van der Waals surface area (Å²) in [4.78, 5) is 30.9. The zero-order chi connectivity index (χ0) is 22.1. The molecule has 0 amide bonds. The van der Waals surface area contributed by atoms with E-state index in [1.54, 1.807) is 19.1 Å². The Morgan fingerprint density at radius 2 is 1.81 bits per heavy atom. The first-order chi connectivity index (χ1) is 14.9. The van der Waals surface area contributed by atoms with Crippen LogP contribution in [0.4, 0.5) is 0 Å². The second-order valence-corrected chi connectivity index (χ2v) is 7.96. The molecule has 0 bridgehead atoms. The third-order valence-corrected chi connectivity index (χ3v) is 6.18. The lowest BCUT2D eigenvalue weighted by molar-refractivity contribution is -0.143. The van der Waals surface area contributed by atoms with Crippen LogP contribution in [0.25, 0.3) is 0 Å². The van der Waals surface area contributed by atoms with Gasteiger partial charge in [0.05, 0.1) is 14.2 Å². The standard InChI is InChI=1S/C25H25NO5/c1-14-22(25(29)31-3)23(16-9-10-19(27)21(13-16)30-2)24-18(26-14)11-17(12-20(24)28)15-7-5-4-6-8-15/h4-10,13,17,22-23,27H,11-12H2,1-3H3/t17-,22?,23+/m0/s1. The molecule has 0 aromatic heterocycles. The van der Waals surface area contributed by atoms with Crippen LogP contribution in [0, 0.1) is 5.92 Å². The summed E-state index contributed by atoms with van der Waals surface area (Å²) in [5, 5.41) is 10.0. The Kier molecular flexibility index (Phi) is 5.63. The smallest absolute Gasteiger partial charge is 0.315 e. The average molecular weight is 419 g/mol. The van der Waals surface area contributed by atoms with Gasteiger partial charge in [-0.3, -0.25) is 14.6 Å². The highest BCUT2D eigenvalue weighted by molar-refractivity contribution is 6.09. The maximum atomic E-state index is 13.4. The molecule has 0 saturated heterocycles. The van der Waals surface area contributed by atoms with Crippen LogP contribution < -0.4 is 4.74 Å². The van der Waals surface area contributed by atoms with Crippen molar-refractivity contribution in [1.82, 2.24) is 0 Å². The number of aromatic hydroxyl groups is 1. The molecule has 0 saturated carbocycles. The summed E-state index contributed by atoms with van der Waals surface area (Å²) in [6.45, 7) is 1.80. The number of hydrogen-bond donors (Lipinski definition) is 1. The highest BCUT2D eigenvalue weighted by Gasteiger charge is 2.44. The van der Waals surface area contributed by atoms with Gasteiger partial charge in [-0.2, -0.15) is 0 Å². The molecular weight excluding hydrogens is 394 g/mol. The van der Waals surface area contributed by atoms with Crippen molar-refractivity contribution >= 4 is 17.5 Å². The molecule has 4 rings (SSSR count). The predicted octanol–water partition coefficient (Wildman–Crippen LogP) is 4.15. The van der Waals surface area contributed by atoms with Gasteiger partial charge in [0.2, 0.25) is 0 Å². The number of hydrogen-bond acceptors (Lipinski definition) is 6. The summed E-state index contributed by atoms with van der Waals surface area (Å²) in [7, 11) is 2.80. The van der Waals surface area contributed by atoms with Crippen LogP contribution in [-0.2, 0) is 14.3 Å². The number of benzene rings is 2. The number of carbonyl (C=O) groups is 2. The lowest BCUT2D eigenvalue weighted by atomic mass is 9.69. The molecule has 1 heterocycles.